The van der Waals surface area contributed by atoms with Crippen molar-refractivity contribution in [2.24, 2.45) is 0 Å². The van der Waals surface area contributed by atoms with Crippen LogP contribution in [0, 0.1) is 12.7 Å². The summed E-state index contributed by atoms with van der Waals surface area (Å²) in [7, 11) is 0. The number of ether oxygens (including phenoxy) is 1. The minimum Gasteiger partial charge on any atom is -0.491 e. The number of hydrogen-bond acceptors (Lipinski definition) is 2. The number of halogens is 1. The van der Waals surface area contributed by atoms with Crippen molar-refractivity contribution >= 4 is 0 Å². The molecular weight excluding hydrogens is 207 g/mol. The van der Waals surface area contributed by atoms with Crippen LogP contribution in [0.25, 0.3) is 0 Å². The third-order valence-corrected chi connectivity index (χ3v) is 3.17. The molecule has 0 spiro atoms. The fourth-order valence-electron chi connectivity index (χ4n) is 2.10. The average Bonchev–Trinajstić information content (AvgIpc) is 2.68. The molecule has 1 saturated carbocycles. The lowest BCUT2D eigenvalue weighted by Gasteiger charge is -2.22. The number of rotatable bonds is 3. The Labute approximate surface area is 95.1 Å². The number of aliphatic hydroxyl groups is 1. The van der Waals surface area contributed by atoms with Crippen LogP contribution in [0.3, 0.4) is 0 Å². The van der Waals surface area contributed by atoms with Crippen molar-refractivity contribution in [3.05, 3.63) is 29.6 Å². The highest BCUT2D eigenvalue weighted by atomic mass is 19.1. The van der Waals surface area contributed by atoms with E-state index in [1.807, 2.05) is 0 Å². The highest BCUT2D eigenvalue weighted by Gasteiger charge is 2.31. The van der Waals surface area contributed by atoms with Crippen molar-refractivity contribution in [3.63, 3.8) is 0 Å². The van der Waals surface area contributed by atoms with Gasteiger partial charge in [0.1, 0.15) is 18.2 Å². The van der Waals surface area contributed by atoms with Crippen molar-refractivity contribution in [1.29, 1.82) is 0 Å². The van der Waals surface area contributed by atoms with Crippen LogP contribution in [0.5, 0.6) is 5.75 Å². The largest absolute Gasteiger partial charge is 0.491 e. The van der Waals surface area contributed by atoms with Gasteiger partial charge < -0.3 is 9.84 Å². The number of benzene rings is 1. The summed E-state index contributed by atoms with van der Waals surface area (Å²) in [6, 6.07) is 4.65. The van der Waals surface area contributed by atoms with Gasteiger partial charge in [-0.15, -0.1) is 0 Å². The normalized spacial score (nSPS) is 18.7. The van der Waals surface area contributed by atoms with Gasteiger partial charge in [0.25, 0.3) is 0 Å². The second kappa shape index (κ2) is 4.42. The summed E-state index contributed by atoms with van der Waals surface area (Å²) in [6.07, 6.45) is 3.71. The van der Waals surface area contributed by atoms with Crippen LogP contribution in [0.15, 0.2) is 18.2 Å². The molecule has 1 aliphatic carbocycles. The van der Waals surface area contributed by atoms with Crippen LogP contribution >= 0.6 is 0 Å². The molecule has 1 fully saturated rings. The lowest BCUT2D eigenvalue weighted by molar-refractivity contribution is 0.00137. The molecule has 0 aromatic heterocycles. The van der Waals surface area contributed by atoms with E-state index in [1.165, 1.54) is 6.07 Å². The molecule has 0 bridgehead atoms. The van der Waals surface area contributed by atoms with Crippen LogP contribution in [0.2, 0.25) is 0 Å². The Hall–Kier alpha value is -1.09. The third-order valence-electron chi connectivity index (χ3n) is 3.17. The molecule has 0 heterocycles. The summed E-state index contributed by atoms with van der Waals surface area (Å²) in [5.41, 5.74) is -0.113. The Kier molecular flexibility index (Phi) is 3.15. The van der Waals surface area contributed by atoms with E-state index in [0.29, 0.717) is 17.9 Å². The quantitative estimate of drug-likeness (QED) is 0.855. The Morgan fingerprint density at radius 3 is 2.69 bits per heavy atom. The first-order valence-corrected chi connectivity index (χ1v) is 5.70. The first kappa shape index (κ1) is 11.4. The maximum atomic E-state index is 13.0. The monoisotopic (exact) mass is 224 g/mol. The van der Waals surface area contributed by atoms with Crippen LogP contribution in [-0.4, -0.2) is 17.3 Å². The summed E-state index contributed by atoms with van der Waals surface area (Å²) in [4.78, 5) is 0. The molecule has 0 saturated heterocycles. The summed E-state index contributed by atoms with van der Waals surface area (Å²) < 4.78 is 18.5. The van der Waals surface area contributed by atoms with Gasteiger partial charge in [-0.25, -0.2) is 4.39 Å². The van der Waals surface area contributed by atoms with Crippen LogP contribution in [0.1, 0.15) is 31.2 Å². The zero-order chi connectivity index (χ0) is 11.6. The van der Waals surface area contributed by atoms with Crippen molar-refractivity contribution in [2.45, 2.75) is 38.2 Å². The van der Waals surface area contributed by atoms with E-state index in [1.54, 1.807) is 19.1 Å². The van der Waals surface area contributed by atoms with Crippen molar-refractivity contribution < 1.29 is 14.2 Å². The van der Waals surface area contributed by atoms with Gasteiger partial charge in [0.15, 0.2) is 0 Å². The Morgan fingerprint density at radius 1 is 1.38 bits per heavy atom. The molecule has 1 aromatic carbocycles. The molecule has 88 valence electrons. The molecule has 2 rings (SSSR count). The highest BCUT2D eigenvalue weighted by molar-refractivity contribution is 5.28. The molecule has 0 aliphatic heterocycles. The topological polar surface area (TPSA) is 29.5 Å². The number of aryl methyl sites for hydroxylation is 1. The molecule has 1 aromatic rings. The summed E-state index contributed by atoms with van der Waals surface area (Å²) in [6.45, 7) is 2.00. The van der Waals surface area contributed by atoms with E-state index in [-0.39, 0.29) is 5.82 Å². The predicted molar refractivity (Wildman–Crippen MR) is 60.0 cm³/mol. The zero-order valence-electron chi connectivity index (χ0n) is 9.50. The average molecular weight is 224 g/mol. The standard InChI is InChI=1S/C13H17FO2/c1-10-8-11(4-5-12(10)14)16-9-13(15)6-2-3-7-13/h4-5,8,15H,2-3,6-7,9H2,1H3. The summed E-state index contributed by atoms with van der Waals surface area (Å²) in [5, 5.41) is 10.1. The van der Waals surface area contributed by atoms with Crippen molar-refractivity contribution in [2.75, 3.05) is 6.61 Å². The lowest BCUT2D eigenvalue weighted by atomic mass is 10.0. The minimum absolute atomic E-state index is 0.230. The first-order valence-electron chi connectivity index (χ1n) is 5.70. The molecule has 0 amide bonds. The van der Waals surface area contributed by atoms with E-state index < -0.39 is 5.60 Å². The fourth-order valence-corrected chi connectivity index (χ4v) is 2.10. The van der Waals surface area contributed by atoms with E-state index in [2.05, 4.69) is 0 Å². The van der Waals surface area contributed by atoms with Gasteiger partial charge in [-0.1, -0.05) is 12.8 Å². The van der Waals surface area contributed by atoms with E-state index in [0.717, 1.165) is 25.7 Å². The van der Waals surface area contributed by atoms with Crippen molar-refractivity contribution in [1.82, 2.24) is 0 Å². The molecule has 1 aliphatic rings. The second-order valence-corrected chi connectivity index (χ2v) is 4.63. The number of hydrogen-bond donors (Lipinski definition) is 1. The van der Waals surface area contributed by atoms with Crippen LogP contribution in [0.4, 0.5) is 4.39 Å². The van der Waals surface area contributed by atoms with Gasteiger partial charge in [-0.2, -0.15) is 0 Å². The summed E-state index contributed by atoms with van der Waals surface area (Å²) in [5.74, 6) is 0.395. The maximum absolute atomic E-state index is 13.0. The zero-order valence-corrected chi connectivity index (χ0v) is 9.50. The molecular formula is C13H17FO2. The molecule has 1 N–H and O–H groups in total. The second-order valence-electron chi connectivity index (χ2n) is 4.63. The smallest absolute Gasteiger partial charge is 0.126 e. The van der Waals surface area contributed by atoms with E-state index in [4.69, 9.17) is 4.74 Å². The highest BCUT2D eigenvalue weighted by Crippen LogP contribution is 2.30. The van der Waals surface area contributed by atoms with E-state index in [9.17, 15) is 9.50 Å². The van der Waals surface area contributed by atoms with Gasteiger partial charge in [-0.05, 0) is 43.5 Å². The molecule has 0 radical (unpaired) electrons. The predicted octanol–water partition coefficient (Wildman–Crippen LogP) is 2.82. The molecule has 3 heteroatoms. The van der Waals surface area contributed by atoms with Crippen molar-refractivity contribution in [3.8, 4) is 5.75 Å². The van der Waals surface area contributed by atoms with Gasteiger partial charge in [0.05, 0.1) is 5.60 Å². The van der Waals surface area contributed by atoms with Gasteiger partial charge >= 0.3 is 0 Å². The SMILES string of the molecule is Cc1cc(OCC2(O)CCCC2)ccc1F. The van der Waals surface area contributed by atoms with Gasteiger partial charge in [0, 0.05) is 0 Å². The Balaban J connectivity index is 1.96. The van der Waals surface area contributed by atoms with Gasteiger partial charge in [-0.3, -0.25) is 0 Å². The van der Waals surface area contributed by atoms with E-state index >= 15 is 0 Å². The molecule has 0 unspecified atom stereocenters. The molecule has 16 heavy (non-hydrogen) atoms. The molecule has 2 nitrogen and oxygen atoms in total. The third kappa shape index (κ3) is 2.53. The Morgan fingerprint density at radius 2 is 2.06 bits per heavy atom. The first-order chi connectivity index (χ1) is 7.59. The van der Waals surface area contributed by atoms with Gasteiger partial charge in [0.2, 0.25) is 0 Å². The lowest BCUT2D eigenvalue weighted by Crippen LogP contribution is -2.32. The van der Waals surface area contributed by atoms with Crippen LogP contribution < -0.4 is 4.74 Å². The fraction of sp³-hybridized carbons (Fsp3) is 0.538. The Bertz CT molecular complexity index is 370. The molecule has 0 atom stereocenters. The summed E-state index contributed by atoms with van der Waals surface area (Å²) >= 11 is 0. The minimum atomic E-state index is -0.678. The maximum Gasteiger partial charge on any atom is 0.126 e. The van der Waals surface area contributed by atoms with Crippen LogP contribution in [-0.2, 0) is 0 Å².